The molecule has 1 saturated carbocycles. The van der Waals surface area contributed by atoms with Crippen LogP contribution in [0.2, 0.25) is 0 Å². The van der Waals surface area contributed by atoms with Crippen LogP contribution >= 0.6 is 0 Å². The topological polar surface area (TPSA) is 57.4 Å². The molecule has 2 aromatic rings. The first-order valence-corrected chi connectivity index (χ1v) is 10.9. The maximum atomic E-state index is 12.8. The zero-order valence-electron chi connectivity index (χ0n) is 16.8. The van der Waals surface area contributed by atoms with Crippen molar-refractivity contribution in [3.8, 4) is 0 Å². The van der Waals surface area contributed by atoms with E-state index in [1.165, 1.54) is 48.6 Å². The molecule has 1 aliphatic heterocycles. The van der Waals surface area contributed by atoms with Crippen LogP contribution in [-0.2, 0) is 9.53 Å². The van der Waals surface area contributed by atoms with Crippen molar-refractivity contribution in [2.24, 2.45) is 5.92 Å². The Morgan fingerprint density at radius 2 is 1.96 bits per heavy atom. The van der Waals surface area contributed by atoms with Crippen LogP contribution in [0.25, 0.3) is 10.9 Å². The maximum Gasteiger partial charge on any atom is 0.220 e. The molecule has 5 nitrogen and oxygen atoms in total. The van der Waals surface area contributed by atoms with Gasteiger partial charge in [-0.25, -0.2) is 0 Å². The van der Waals surface area contributed by atoms with Gasteiger partial charge in [-0.15, -0.1) is 0 Å². The Morgan fingerprint density at radius 1 is 1.18 bits per heavy atom. The normalized spacial score (nSPS) is 20.3. The summed E-state index contributed by atoms with van der Waals surface area (Å²) in [5.41, 5.74) is 2.50. The number of rotatable bonds is 7. The summed E-state index contributed by atoms with van der Waals surface area (Å²) in [5.74, 6) is 1.10. The van der Waals surface area contributed by atoms with Crippen molar-refractivity contribution < 1.29 is 9.53 Å². The number of morpholine rings is 1. The molecule has 5 heteroatoms. The summed E-state index contributed by atoms with van der Waals surface area (Å²) in [4.78, 5) is 18.6. The minimum atomic E-state index is 0.189. The van der Waals surface area contributed by atoms with Crippen molar-refractivity contribution in [1.29, 1.82) is 0 Å². The second kappa shape index (κ2) is 9.57. The Balaban J connectivity index is 1.41. The predicted molar refractivity (Wildman–Crippen MR) is 113 cm³/mol. The number of carbonyl (C=O) groups is 1. The van der Waals surface area contributed by atoms with Crippen molar-refractivity contribution in [3.63, 3.8) is 0 Å². The van der Waals surface area contributed by atoms with Crippen LogP contribution < -0.4 is 5.32 Å². The highest BCUT2D eigenvalue weighted by atomic mass is 16.5. The number of amides is 1. The van der Waals surface area contributed by atoms with Crippen molar-refractivity contribution in [3.05, 3.63) is 36.0 Å². The first-order valence-electron chi connectivity index (χ1n) is 10.9. The van der Waals surface area contributed by atoms with Crippen LogP contribution in [0.3, 0.4) is 0 Å². The van der Waals surface area contributed by atoms with Crippen LogP contribution in [0.15, 0.2) is 30.5 Å². The van der Waals surface area contributed by atoms with Gasteiger partial charge in [0.15, 0.2) is 0 Å². The molecular formula is C23H33N3O2. The summed E-state index contributed by atoms with van der Waals surface area (Å²) in [6.45, 7) is 5.18. The molecule has 28 heavy (non-hydrogen) atoms. The van der Waals surface area contributed by atoms with E-state index in [-0.39, 0.29) is 5.91 Å². The average Bonchev–Trinajstić information content (AvgIpc) is 3.17. The zero-order valence-corrected chi connectivity index (χ0v) is 16.8. The van der Waals surface area contributed by atoms with Crippen LogP contribution in [-0.4, -0.2) is 55.2 Å². The second-order valence-electron chi connectivity index (χ2n) is 8.30. The van der Waals surface area contributed by atoms with E-state index in [1.54, 1.807) is 0 Å². The van der Waals surface area contributed by atoms with E-state index in [4.69, 9.17) is 4.74 Å². The number of hydrogen-bond donors (Lipinski definition) is 2. The molecular weight excluding hydrogens is 350 g/mol. The quantitative estimate of drug-likeness (QED) is 0.767. The molecule has 2 fully saturated rings. The first kappa shape index (κ1) is 19.5. The summed E-state index contributed by atoms with van der Waals surface area (Å²) in [5, 5.41) is 4.45. The molecule has 2 N–H and O–H groups in total. The number of aromatic amines is 1. The van der Waals surface area contributed by atoms with Crippen LogP contribution in [0.5, 0.6) is 0 Å². The molecule has 1 saturated heterocycles. The number of H-pyrrole nitrogens is 1. The summed E-state index contributed by atoms with van der Waals surface area (Å²) in [6.07, 6.45) is 9.14. The first-order chi connectivity index (χ1) is 13.8. The van der Waals surface area contributed by atoms with Gasteiger partial charge < -0.3 is 15.0 Å². The molecule has 1 atom stereocenters. The van der Waals surface area contributed by atoms with E-state index in [0.29, 0.717) is 18.3 Å². The third kappa shape index (κ3) is 4.76. The number of aromatic nitrogens is 1. The number of carbonyl (C=O) groups excluding carboxylic acids is 1. The third-order valence-electron chi connectivity index (χ3n) is 6.50. The van der Waals surface area contributed by atoms with Gasteiger partial charge in [-0.3, -0.25) is 9.69 Å². The molecule has 0 bridgehead atoms. The van der Waals surface area contributed by atoms with Crippen LogP contribution in [0.1, 0.15) is 50.0 Å². The lowest BCUT2D eigenvalue weighted by molar-refractivity contribution is -0.121. The molecule has 1 aromatic heterocycles. The van der Waals surface area contributed by atoms with Gasteiger partial charge in [-0.05, 0) is 36.3 Å². The third-order valence-corrected chi connectivity index (χ3v) is 6.50. The Hall–Kier alpha value is -1.85. The van der Waals surface area contributed by atoms with Gasteiger partial charge in [0.05, 0.1) is 13.2 Å². The number of hydrogen-bond acceptors (Lipinski definition) is 3. The zero-order chi connectivity index (χ0) is 19.2. The van der Waals surface area contributed by atoms with Crippen molar-refractivity contribution in [2.75, 3.05) is 39.4 Å². The summed E-state index contributed by atoms with van der Waals surface area (Å²) >= 11 is 0. The van der Waals surface area contributed by atoms with Gasteiger partial charge in [0, 0.05) is 49.7 Å². The van der Waals surface area contributed by atoms with Crippen molar-refractivity contribution >= 4 is 16.8 Å². The van der Waals surface area contributed by atoms with E-state index in [2.05, 4.69) is 45.7 Å². The van der Waals surface area contributed by atoms with Gasteiger partial charge >= 0.3 is 0 Å². The number of benzene rings is 1. The Labute approximate surface area is 167 Å². The summed E-state index contributed by atoms with van der Waals surface area (Å²) in [7, 11) is 0. The highest BCUT2D eigenvalue weighted by molar-refractivity contribution is 5.85. The fraction of sp³-hybridized carbons (Fsp3) is 0.609. The second-order valence-corrected chi connectivity index (χ2v) is 8.30. The lowest BCUT2D eigenvalue weighted by Gasteiger charge is -2.30. The van der Waals surface area contributed by atoms with Gasteiger partial charge in [-0.1, -0.05) is 37.5 Å². The molecule has 4 rings (SSSR count). The molecule has 1 aliphatic carbocycles. The summed E-state index contributed by atoms with van der Waals surface area (Å²) in [6, 6.07) is 8.48. The molecule has 0 radical (unpaired) electrons. The number of nitrogens with zero attached hydrogens (tertiary/aromatic N) is 1. The smallest absolute Gasteiger partial charge is 0.220 e. The van der Waals surface area contributed by atoms with E-state index in [0.717, 1.165) is 39.4 Å². The average molecular weight is 384 g/mol. The van der Waals surface area contributed by atoms with Gasteiger partial charge in [0.1, 0.15) is 0 Å². The van der Waals surface area contributed by atoms with E-state index >= 15 is 0 Å². The van der Waals surface area contributed by atoms with E-state index < -0.39 is 0 Å². The van der Waals surface area contributed by atoms with Crippen molar-refractivity contribution in [2.45, 2.75) is 44.4 Å². The fourth-order valence-corrected chi connectivity index (χ4v) is 4.92. The molecule has 1 unspecified atom stereocenters. The minimum absolute atomic E-state index is 0.189. The minimum Gasteiger partial charge on any atom is -0.379 e. The van der Waals surface area contributed by atoms with Gasteiger partial charge in [-0.2, -0.15) is 0 Å². The Bertz CT molecular complexity index is 760. The maximum absolute atomic E-state index is 12.8. The van der Waals surface area contributed by atoms with E-state index in [9.17, 15) is 4.79 Å². The lowest BCUT2D eigenvalue weighted by Crippen LogP contribution is -2.41. The predicted octanol–water partition coefficient (Wildman–Crippen LogP) is 3.67. The molecule has 1 amide bonds. The monoisotopic (exact) mass is 383 g/mol. The largest absolute Gasteiger partial charge is 0.379 e. The van der Waals surface area contributed by atoms with Gasteiger partial charge in [0.2, 0.25) is 5.91 Å². The Kier molecular flexibility index (Phi) is 6.65. The fourth-order valence-electron chi connectivity index (χ4n) is 4.92. The highest BCUT2D eigenvalue weighted by Crippen LogP contribution is 2.40. The van der Waals surface area contributed by atoms with Gasteiger partial charge in [0.25, 0.3) is 0 Å². The molecule has 2 aliphatic rings. The number of para-hydroxylation sites is 1. The standard InChI is InChI=1S/C23H33N3O2/c27-23(24-10-11-26-12-14-28-15-13-26)16-20(18-6-2-1-3-7-18)21-17-25-22-9-5-4-8-19(21)22/h4-5,8-9,17-18,20,25H,1-3,6-7,10-16H2,(H,24,27). The SMILES string of the molecule is O=C(CC(c1c[nH]c2ccccc12)C1CCCCC1)NCCN1CCOCC1. The lowest BCUT2D eigenvalue weighted by atomic mass is 9.75. The molecule has 1 aromatic carbocycles. The van der Waals surface area contributed by atoms with Crippen molar-refractivity contribution in [1.82, 2.24) is 15.2 Å². The summed E-state index contributed by atoms with van der Waals surface area (Å²) < 4.78 is 5.39. The van der Waals surface area contributed by atoms with E-state index in [1.807, 2.05) is 0 Å². The number of fused-ring (bicyclic) bond motifs is 1. The van der Waals surface area contributed by atoms with Crippen LogP contribution in [0, 0.1) is 5.92 Å². The number of nitrogens with one attached hydrogen (secondary N) is 2. The van der Waals surface area contributed by atoms with Crippen LogP contribution in [0.4, 0.5) is 0 Å². The molecule has 2 heterocycles. The molecule has 0 spiro atoms. The number of ether oxygens (including phenoxy) is 1. The molecule has 152 valence electrons. The Morgan fingerprint density at radius 3 is 2.79 bits per heavy atom. The highest BCUT2D eigenvalue weighted by Gasteiger charge is 2.29.